The first-order valence-corrected chi connectivity index (χ1v) is 7.66. The highest BCUT2D eigenvalue weighted by Gasteiger charge is 2.17. The summed E-state index contributed by atoms with van der Waals surface area (Å²) in [6.45, 7) is 0.187. The molecular formula is C13H15FN4O2S. The molecule has 0 radical (unpaired) electrons. The molecule has 0 aliphatic heterocycles. The molecule has 0 aliphatic rings. The van der Waals surface area contributed by atoms with E-state index in [2.05, 4.69) is 15.1 Å². The summed E-state index contributed by atoms with van der Waals surface area (Å²) in [5.74, 6) is 4.95. The number of nitrogens with one attached hydrogen (secondary N) is 2. The van der Waals surface area contributed by atoms with Crippen molar-refractivity contribution in [1.29, 1.82) is 0 Å². The minimum absolute atomic E-state index is 0.0217. The molecule has 1 aromatic carbocycles. The summed E-state index contributed by atoms with van der Waals surface area (Å²) < 4.78 is 39.5. The lowest BCUT2D eigenvalue weighted by molar-refractivity contribution is 0.581. The number of aromatic nitrogens is 1. The fourth-order valence-electron chi connectivity index (χ4n) is 1.77. The van der Waals surface area contributed by atoms with Gasteiger partial charge in [-0.2, -0.15) is 0 Å². The number of anilines is 1. The van der Waals surface area contributed by atoms with Crippen molar-refractivity contribution in [2.24, 2.45) is 5.84 Å². The number of hydrazine groups is 1. The number of hydrogen-bond donors (Lipinski definition) is 3. The molecule has 0 fully saturated rings. The van der Waals surface area contributed by atoms with Gasteiger partial charge in [0.15, 0.2) is 0 Å². The van der Waals surface area contributed by atoms with Crippen molar-refractivity contribution in [1.82, 2.24) is 9.71 Å². The summed E-state index contributed by atoms with van der Waals surface area (Å²) >= 11 is 0. The van der Waals surface area contributed by atoms with Crippen molar-refractivity contribution >= 4 is 15.7 Å². The topological polar surface area (TPSA) is 97.1 Å². The number of benzene rings is 1. The minimum atomic E-state index is -3.71. The van der Waals surface area contributed by atoms with E-state index in [9.17, 15) is 12.8 Å². The zero-order valence-corrected chi connectivity index (χ0v) is 11.9. The minimum Gasteiger partial charge on any atom is -0.323 e. The SMILES string of the molecule is NNc1ccncc1S(=O)(=O)NCCc1ccc(F)cc1. The van der Waals surface area contributed by atoms with E-state index in [1.165, 1.54) is 30.6 Å². The van der Waals surface area contributed by atoms with Crippen LogP contribution in [-0.2, 0) is 16.4 Å². The lowest BCUT2D eigenvalue weighted by Gasteiger charge is -2.10. The molecule has 0 saturated heterocycles. The van der Waals surface area contributed by atoms with Crippen LogP contribution in [0.15, 0.2) is 47.6 Å². The van der Waals surface area contributed by atoms with Crippen molar-refractivity contribution in [3.8, 4) is 0 Å². The average Bonchev–Trinajstić information content (AvgIpc) is 2.49. The van der Waals surface area contributed by atoms with E-state index >= 15 is 0 Å². The van der Waals surface area contributed by atoms with Crippen LogP contribution in [0.25, 0.3) is 0 Å². The van der Waals surface area contributed by atoms with Crippen molar-refractivity contribution in [3.05, 3.63) is 54.1 Å². The maximum Gasteiger partial charge on any atom is 0.244 e. The van der Waals surface area contributed by atoms with Gasteiger partial charge in [0.2, 0.25) is 10.0 Å². The molecule has 0 unspecified atom stereocenters. The molecule has 0 aliphatic carbocycles. The Hall–Kier alpha value is -2.03. The number of halogens is 1. The standard InChI is InChI=1S/C13H15FN4O2S/c14-11-3-1-10(2-4-11)5-8-17-21(19,20)13-9-16-7-6-12(13)18-15/h1-4,6-7,9,17H,5,8,15H2,(H,16,18). The molecule has 4 N–H and O–H groups in total. The lowest BCUT2D eigenvalue weighted by atomic mass is 10.1. The Morgan fingerprint density at radius 3 is 2.57 bits per heavy atom. The van der Waals surface area contributed by atoms with Crippen LogP contribution in [0.4, 0.5) is 10.1 Å². The molecule has 8 heteroatoms. The quantitative estimate of drug-likeness (QED) is 0.547. The van der Waals surface area contributed by atoms with E-state index < -0.39 is 10.0 Å². The van der Waals surface area contributed by atoms with Crippen LogP contribution >= 0.6 is 0 Å². The fraction of sp³-hybridized carbons (Fsp3) is 0.154. The van der Waals surface area contributed by atoms with Crippen LogP contribution in [0.1, 0.15) is 5.56 Å². The Labute approximate surface area is 122 Å². The number of sulfonamides is 1. The van der Waals surface area contributed by atoms with Crippen LogP contribution in [0.2, 0.25) is 0 Å². The summed E-state index contributed by atoms with van der Waals surface area (Å²) in [4.78, 5) is 3.76. The normalized spacial score (nSPS) is 11.3. The summed E-state index contributed by atoms with van der Waals surface area (Å²) in [5, 5.41) is 0. The van der Waals surface area contributed by atoms with Crippen LogP contribution in [0, 0.1) is 5.82 Å². The number of hydrogen-bond acceptors (Lipinski definition) is 5. The number of nitrogens with zero attached hydrogens (tertiary/aromatic N) is 1. The zero-order valence-electron chi connectivity index (χ0n) is 11.1. The van der Waals surface area contributed by atoms with Gasteiger partial charge in [-0.25, -0.2) is 17.5 Å². The maximum atomic E-state index is 12.8. The highest BCUT2D eigenvalue weighted by Crippen LogP contribution is 2.17. The molecule has 0 amide bonds. The molecule has 2 aromatic rings. The first kappa shape index (κ1) is 15.4. The fourth-order valence-corrected chi connectivity index (χ4v) is 2.91. The smallest absolute Gasteiger partial charge is 0.244 e. The summed E-state index contributed by atoms with van der Waals surface area (Å²) in [7, 11) is -3.71. The van der Waals surface area contributed by atoms with Crippen molar-refractivity contribution in [2.45, 2.75) is 11.3 Å². The molecular weight excluding hydrogens is 295 g/mol. The predicted molar refractivity (Wildman–Crippen MR) is 77.3 cm³/mol. The van der Waals surface area contributed by atoms with Gasteiger partial charge in [0, 0.05) is 18.9 Å². The number of pyridine rings is 1. The third-order valence-electron chi connectivity index (χ3n) is 2.85. The first-order chi connectivity index (χ1) is 10.0. The molecule has 0 atom stereocenters. The summed E-state index contributed by atoms with van der Waals surface area (Å²) in [5.41, 5.74) is 3.41. The Bertz CT molecular complexity index is 704. The van der Waals surface area contributed by atoms with Gasteiger partial charge in [-0.15, -0.1) is 0 Å². The number of nitrogens with two attached hydrogens (primary N) is 1. The lowest BCUT2D eigenvalue weighted by Crippen LogP contribution is -2.27. The molecule has 0 saturated carbocycles. The Morgan fingerprint density at radius 1 is 1.19 bits per heavy atom. The van der Waals surface area contributed by atoms with Gasteiger partial charge < -0.3 is 5.43 Å². The van der Waals surface area contributed by atoms with Crippen LogP contribution in [0.5, 0.6) is 0 Å². The van der Waals surface area contributed by atoms with E-state index in [0.717, 1.165) is 5.56 Å². The Balaban J connectivity index is 2.03. The zero-order chi connectivity index (χ0) is 15.3. The third kappa shape index (κ3) is 3.97. The average molecular weight is 310 g/mol. The van der Waals surface area contributed by atoms with Gasteiger partial charge in [-0.3, -0.25) is 10.8 Å². The van der Waals surface area contributed by atoms with E-state index in [-0.39, 0.29) is 22.9 Å². The van der Waals surface area contributed by atoms with E-state index in [1.54, 1.807) is 12.1 Å². The van der Waals surface area contributed by atoms with Crippen molar-refractivity contribution in [2.75, 3.05) is 12.0 Å². The van der Waals surface area contributed by atoms with Crippen LogP contribution < -0.4 is 16.0 Å². The Morgan fingerprint density at radius 2 is 1.90 bits per heavy atom. The van der Waals surface area contributed by atoms with Gasteiger partial charge in [0.05, 0.1) is 5.69 Å². The molecule has 0 bridgehead atoms. The van der Waals surface area contributed by atoms with Gasteiger partial charge in [-0.1, -0.05) is 12.1 Å². The van der Waals surface area contributed by atoms with Crippen LogP contribution in [0.3, 0.4) is 0 Å². The van der Waals surface area contributed by atoms with Gasteiger partial charge in [0.25, 0.3) is 0 Å². The van der Waals surface area contributed by atoms with E-state index in [0.29, 0.717) is 6.42 Å². The molecule has 21 heavy (non-hydrogen) atoms. The maximum absolute atomic E-state index is 12.8. The number of nitrogen functional groups attached to an aromatic ring is 1. The largest absolute Gasteiger partial charge is 0.323 e. The second-order valence-corrected chi connectivity index (χ2v) is 6.03. The monoisotopic (exact) mass is 310 g/mol. The van der Waals surface area contributed by atoms with Crippen molar-refractivity contribution < 1.29 is 12.8 Å². The van der Waals surface area contributed by atoms with Gasteiger partial charge in [-0.05, 0) is 30.2 Å². The number of rotatable bonds is 6. The first-order valence-electron chi connectivity index (χ1n) is 6.17. The second kappa shape index (κ2) is 6.61. The van der Waals surface area contributed by atoms with Crippen LogP contribution in [-0.4, -0.2) is 19.9 Å². The highest BCUT2D eigenvalue weighted by molar-refractivity contribution is 7.89. The predicted octanol–water partition coefficient (Wildman–Crippen LogP) is 1.03. The van der Waals surface area contributed by atoms with Gasteiger partial charge >= 0.3 is 0 Å². The summed E-state index contributed by atoms with van der Waals surface area (Å²) in [6, 6.07) is 7.36. The molecule has 2 rings (SSSR count). The molecule has 0 spiro atoms. The molecule has 112 valence electrons. The van der Waals surface area contributed by atoms with E-state index in [4.69, 9.17) is 5.84 Å². The third-order valence-corrected chi connectivity index (χ3v) is 4.34. The molecule has 1 heterocycles. The highest BCUT2D eigenvalue weighted by atomic mass is 32.2. The van der Waals surface area contributed by atoms with Gasteiger partial charge in [0.1, 0.15) is 10.7 Å². The van der Waals surface area contributed by atoms with E-state index in [1.807, 2.05) is 0 Å². The second-order valence-electron chi connectivity index (χ2n) is 4.29. The van der Waals surface area contributed by atoms with Crippen molar-refractivity contribution in [3.63, 3.8) is 0 Å². The Kier molecular flexibility index (Phi) is 4.84. The molecule has 1 aromatic heterocycles. The molecule has 6 nitrogen and oxygen atoms in total. The summed E-state index contributed by atoms with van der Waals surface area (Å²) in [6.07, 6.45) is 3.10.